The molecule has 4 nitrogen and oxygen atoms in total. The highest BCUT2D eigenvalue weighted by Gasteiger charge is 2.08. The molecule has 0 bridgehead atoms. The number of anilines is 2. The molecular weight excluding hydrogens is 214 g/mol. The van der Waals surface area contributed by atoms with E-state index in [0.29, 0.717) is 18.2 Å². The van der Waals surface area contributed by atoms with Crippen molar-refractivity contribution in [3.8, 4) is 5.88 Å². The lowest BCUT2D eigenvalue weighted by atomic mass is 10.3. The normalized spacial score (nSPS) is 10.3. The summed E-state index contributed by atoms with van der Waals surface area (Å²) in [4.78, 5) is 6.70. The minimum atomic E-state index is 0.555. The molecule has 17 heavy (non-hydrogen) atoms. The number of nitrogens with zero attached hydrogens (tertiary/aromatic N) is 2. The molecule has 0 fully saturated rings. The maximum Gasteiger partial charge on any atom is 0.239 e. The average Bonchev–Trinajstić information content (AvgIpc) is 2.35. The summed E-state index contributed by atoms with van der Waals surface area (Å²) in [5.41, 5.74) is 6.45. The largest absolute Gasteiger partial charge is 0.476 e. The fraction of sp³-hybridized carbons (Fsp3) is 0.615. The van der Waals surface area contributed by atoms with E-state index in [1.165, 1.54) is 0 Å². The van der Waals surface area contributed by atoms with Crippen LogP contribution in [0.3, 0.4) is 0 Å². The summed E-state index contributed by atoms with van der Waals surface area (Å²) in [6.07, 6.45) is 2.06. The molecule has 0 unspecified atom stereocenters. The van der Waals surface area contributed by atoms with E-state index >= 15 is 0 Å². The van der Waals surface area contributed by atoms with E-state index in [1.807, 2.05) is 12.1 Å². The van der Waals surface area contributed by atoms with Gasteiger partial charge in [0, 0.05) is 13.1 Å². The first-order valence-corrected chi connectivity index (χ1v) is 6.37. The first-order valence-electron chi connectivity index (χ1n) is 6.37. The summed E-state index contributed by atoms with van der Waals surface area (Å²) < 4.78 is 5.54. The fourth-order valence-electron chi connectivity index (χ4n) is 1.64. The monoisotopic (exact) mass is 237 g/mol. The molecule has 0 radical (unpaired) electrons. The van der Waals surface area contributed by atoms with Crippen LogP contribution in [0, 0.1) is 0 Å². The van der Waals surface area contributed by atoms with Crippen molar-refractivity contribution in [2.24, 2.45) is 0 Å². The van der Waals surface area contributed by atoms with E-state index in [-0.39, 0.29) is 0 Å². The lowest BCUT2D eigenvalue weighted by molar-refractivity contribution is 0.307. The Kier molecular flexibility index (Phi) is 5.60. The summed E-state index contributed by atoms with van der Waals surface area (Å²) in [5, 5.41) is 0. The van der Waals surface area contributed by atoms with Crippen LogP contribution in [0.1, 0.15) is 33.6 Å². The van der Waals surface area contributed by atoms with Crippen LogP contribution in [0.5, 0.6) is 5.88 Å². The molecule has 0 spiro atoms. The number of pyridine rings is 1. The first-order chi connectivity index (χ1) is 8.22. The Morgan fingerprint density at radius 3 is 2.59 bits per heavy atom. The smallest absolute Gasteiger partial charge is 0.239 e. The number of rotatable bonds is 7. The van der Waals surface area contributed by atoms with E-state index in [9.17, 15) is 0 Å². The number of ether oxygens (including phenoxy) is 1. The second-order valence-electron chi connectivity index (χ2n) is 3.99. The molecule has 0 amide bonds. The third-order valence-corrected chi connectivity index (χ3v) is 2.52. The van der Waals surface area contributed by atoms with Crippen LogP contribution >= 0.6 is 0 Å². The average molecular weight is 237 g/mol. The molecule has 0 aliphatic carbocycles. The SMILES string of the molecule is CCCOc1nc(N(CC)CCC)ccc1N. The summed E-state index contributed by atoms with van der Waals surface area (Å²) >= 11 is 0. The van der Waals surface area contributed by atoms with Crippen LogP contribution in [0.25, 0.3) is 0 Å². The van der Waals surface area contributed by atoms with Gasteiger partial charge in [-0.3, -0.25) is 0 Å². The molecule has 0 aromatic carbocycles. The van der Waals surface area contributed by atoms with E-state index in [2.05, 4.69) is 30.7 Å². The lowest BCUT2D eigenvalue weighted by Crippen LogP contribution is -2.24. The number of nitrogen functional groups attached to an aromatic ring is 1. The van der Waals surface area contributed by atoms with Crippen LogP contribution in [-0.2, 0) is 0 Å². The van der Waals surface area contributed by atoms with Gasteiger partial charge in [0.15, 0.2) is 0 Å². The Morgan fingerprint density at radius 1 is 1.24 bits per heavy atom. The van der Waals surface area contributed by atoms with Crippen LogP contribution in [0.15, 0.2) is 12.1 Å². The molecule has 2 N–H and O–H groups in total. The van der Waals surface area contributed by atoms with Gasteiger partial charge in [0.25, 0.3) is 0 Å². The Labute approximate surface area is 104 Å². The van der Waals surface area contributed by atoms with Crippen molar-refractivity contribution in [3.05, 3.63) is 12.1 Å². The Hall–Kier alpha value is -1.45. The quantitative estimate of drug-likeness (QED) is 0.792. The van der Waals surface area contributed by atoms with Gasteiger partial charge in [-0.05, 0) is 31.9 Å². The second kappa shape index (κ2) is 6.99. The number of aromatic nitrogens is 1. The zero-order valence-electron chi connectivity index (χ0n) is 11.1. The van der Waals surface area contributed by atoms with E-state index in [0.717, 1.165) is 31.7 Å². The molecule has 0 aliphatic heterocycles. The molecule has 0 aliphatic rings. The number of hydrogen-bond donors (Lipinski definition) is 1. The summed E-state index contributed by atoms with van der Waals surface area (Å²) in [7, 11) is 0. The molecule has 1 aromatic heterocycles. The van der Waals surface area contributed by atoms with Crippen molar-refractivity contribution in [2.75, 3.05) is 30.3 Å². The van der Waals surface area contributed by atoms with Crippen LogP contribution < -0.4 is 15.4 Å². The van der Waals surface area contributed by atoms with Crippen molar-refractivity contribution in [3.63, 3.8) is 0 Å². The van der Waals surface area contributed by atoms with Gasteiger partial charge in [0.05, 0.1) is 12.3 Å². The summed E-state index contributed by atoms with van der Waals surface area (Å²) in [5.74, 6) is 1.49. The summed E-state index contributed by atoms with van der Waals surface area (Å²) in [6.45, 7) is 8.95. The highest BCUT2D eigenvalue weighted by atomic mass is 16.5. The molecule has 1 rings (SSSR count). The van der Waals surface area contributed by atoms with Crippen LogP contribution in [-0.4, -0.2) is 24.7 Å². The number of hydrogen-bond acceptors (Lipinski definition) is 4. The van der Waals surface area contributed by atoms with Crippen LogP contribution in [0.4, 0.5) is 11.5 Å². The number of nitrogens with two attached hydrogens (primary N) is 1. The highest BCUT2D eigenvalue weighted by molar-refractivity contribution is 5.54. The van der Waals surface area contributed by atoms with Gasteiger partial charge in [-0.1, -0.05) is 13.8 Å². The maximum absolute atomic E-state index is 5.84. The van der Waals surface area contributed by atoms with Crippen molar-refractivity contribution < 1.29 is 4.74 Å². The van der Waals surface area contributed by atoms with Crippen molar-refractivity contribution in [2.45, 2.75) is 33.6 Å². The zero-order valence-corrected chi connectivity index (χ0v) is 11.1. The zero-order chi connectivity index (χ0) is 12.7. The molecule has 0 saturated carbocycles. The Balaban J connectivity index is 2.85. The molecule has 0 saturated heterocycles. The van der Waals surface area contributed by atoms with Crippen molar-refractivity contribution in [1.82, 2.24) is 4.98 Å². The third-order valence-electron chi connectivity index (χ3n) is 2.52. The standard InChI is InChI=1S/C13H23N3O/c1-4-9-16(6-3)12-8-7-11(14)13(15-12)17-10-5-2/h7-8H,4-6,9-10,14H2,1-3H3. The van der Waals surface area contributed by atoms with Gasteiger partial charge < -0.3 is 15.4 Å². The van der Waals surface area contributed by atoms with Gasteiger partial charge >= 0.3 is 0 Å². The molecule has 0 atom stereocenters. The topological polar surface area (TPSA) is 51.4 Å². The minimum Gasteiger partial charge on any atom is -0.476 e. The molecule has 1 aromatic rings. The predicted octanol–water partition coefficient (Wildman–Crippen LogP) is 2.69. The van der Waals surface area contributed by atoms with Crippen molar-refractivity contribution >= 4 is 11.5 Å². The van der Waals surface area contributed by atoms with Crippen molar-refractivity contribution in [1.29, 1.82) is 0 Å². The van der Waals surface area contributed by atoms with E-state index < -0.39 is 0 Å². The maximum atomic E-state index is 5.84. The highest BCUT2D eigenvalue weighted by Crippen LogP contribution is 2.23. The van der Waals surface area contributed by atoms with E-state index in [1.54, 1.807) is 0 Å². The molecular formula is C13H23N3O. The van der Waals surface area contributed by atoms with Gasteiger partial charge in [0.1, 0.15) is 5.82 Å². The summed E-state index contributed by atoms with van der Waals surface area (Å²) in [6, 6.07) is 3.82. The second-order valence-corrected chi connectivity index (χ2v) is 3.99. The predicted molar refractivity (Wildman–Crippen MR) is 72.6 cm³/mol. The third kappa shape index (κ3) is 3.80. The molecule has 1 heterocycles. The van der Waals surface area contributed by atoms with E-state index in [4.69, 9.17) is 10.5 Å². The first kappa shape index (κ1) is 13.6. The molecule has 4 heteroatoms. The Morgan fingerprint density at radius 2 is 2.00 bits per heavy atom. The molecule has 96 valence electrons. The van der Waals surface area contributed by atoms with Gasteiger partial charge in [0.2, 0.25) is 5.88 Å². The lowest BCUT2D eigenvalue weighted by Gasteiger charge is -2.22. The van der Waals surface area contributed by atoms with Gasteiger partial charge in [-0.2, -0.15) is 4.98 Å². The Bertz CT molecular complexity index is 341. The minimum absolute atomic E-state index is 0.555. The van der Waals surface area contributed by atoms with Crippen LogP contribution in [0.2, 0.25) is 0 Å². The van der Waals surface area contributed by atoms with Gasteiger partial charge in [-0.25, -0.2) is 0 Å². The fourth-order valence-corrected chi connectivity index (χ4v) is 1.64. The van der Waals surface area contributed by atoms with Gasteiger partial charge in [-0.15, -0.1) is 0 Å².